The van der Waals surface area contributed by atoms with Crippen LogP contribution in [0.4, 0.5) is 0 Å². The van der Waals surface area contributed by atoms with E-state index >= 15 is 0 Å². The number of carbonyl (C=O) groups is 2. The number of ether oxygens (including phenoxy) is 1. The zero-order chi connectivity index (χ0) is 12.5. The van der Waals surface area contributed by atoms with E-state index in [2.05, 4.69) is 0 Å². The maximum Gasteiger partial charge on any atom is 0.307 e. The molecule has 4 heteroatoms. The lowest BCUT2D eigenvalue weighted by Crippen LogP contribution is -2.04. The molecule has 2 unspecified atom stereocenters. The molecule has 0 aliphatic heterocycles. The van der Waals surface area contributed by atoms with E-state index < -0.39 is 11.9 Å². The third kappa shape index (κ3) is 2.43. The molecule has 0 aromatic carbocycles. The summed E-state index contributed by atoms with van der Waals surface area (Å²) in [4.78, 5) is 21.7. The van der Waals surface area contributed by atoms with Gasteiger partial charge in [0.1, 0.15) is 0 Å². The fourth-order valence-electron chi connectivity index (χ4n) is 2.02. The lowest BCUT2D eigenvalue weighted by atomic mass is 10.1. The Labute approximate surface area is 95.3 Å². The van der Waals surface area contributed by atoms with Crippen LogP contribution < -0.4 is 0 Å². The van der Waals surface area contributed by atoms with Gasteiger partial charge < -0.3 is 9.84 Å². The van der Waals surface area contributed by atoms with Crippen molar-refractivity contribution in [3.8, 4) is 0 Å². The van der Waals surface area contributed by atoms with Crippen molar-refractivity contribution in [3.05, 3.63) is 11.8 Å². The van der Waals surface area contributed by atoms with Crippen LogP contribution in [-0.4, -0.2) is 23.5 Å². The Hall–Kier alpha value is -1.32. The lowest BCUT2D eigenvalue weighted by molar-refractivity contribution is -0.139. The normalized spacial score (nSPS) is 27.7. The average Bonchev–Trinajstić information content (AvgIpc) is 2.66. The Morgan fingerprint density at radius 1 is 1.44 bits per heavy atom. The van der Waals surface area contributed by atoms with E-state index in [-0.39, 0.29) is 23.2 Å². The third-order valence-electron chi connectivity index (χ3n) is 3.01. The van der Waals surface area contributed by atoms with Gasteiger partial charge in [-0.3, -0.25) is 9.59 Å². The summed E-state index contributed by atoms with van der Waals surface area (Å²) in [5.41, 5.74) is -0.291. The number of allylic oxidation sites excluding steroid dienone is 2. The smallest absolute Gasteiger partial charge is 0.307 e. The molecule has 2 atom stereocenters. The minimum atomic E-state index is -0.818. The number of hydrogen-bond donors (Lipinski definition) is 1. The zero-order valence-corrected chi connectivity index (χ0v) is 10.1. The van der Waals surface area contributed by atoms with Gasteiger partial charge in [-0.05, 0) is 25.3 Å². The van der Waals surface area contributed by atoms with E-state index in [4.69, 9.17) is 9.84 Å². The molecule has 1 aliphatic rings. The Kier molecular flexibility index (Phi) is 3.41. The van der Waals surface area contributed by atoms with Crippen molar-refractivity contribution in [2.75, 3.05) is 0 Å². The molecule has 1 rings (SSSR count). The number of aliphatic carboxylic acids is 1. The fraction of sp³-hybridized carbons (Fsp3) is 0.667. The SMILES string of the molecule is CC(C)OC(C=O)=CC1C(C(=O)O)C1(C)C. The molecule has 0 heterocycles. The van der Waals surface area contributed by atoms with Crippen molar-refractivity contribution in [1.29, 1.82) is 0 Å². The van der Waals surface area contributed by atoms with Gasteiger partial charge in [0.25, 0.3) is 0 Å². The van der Waals surface area contributed by atoms with E-state index in [9.17, 15) is 9.59 Å². The van der Waals surface area contributed by atoms with Gasteiger partial charge in [-0.1, -0.05) is 13.8 Å². The molecule has 0 amide bonds. The molecule has 0 bridgehead atoms. The van der Waals surface area contributed by atoms with Crippen molar-refractivity contribution in [2.24, 2.45) is 17.3 Å². The van der Waals surface area contributed by atoms with Gasteiger partial charge in [-0.25, -0.2) is 0 Å². The Morgan fingerprint density at radius 3 is 2.31 bits per heavy atom. The predicted molar refractivity (Wildman–Crippen MR) is 58.8 cm³/mol. The zero-order valence-electron chi connectivity index (χ0n) is 10.1. The monoisotopic (exact) mass is 226 g/mol. The molecule has 1 saturated carbocycles. The molecule has 1 fully saturated rings. The lowest BCUT2D eigenvalue weighted by Gasteiger charge is -2.08. The molecule has 0 radical (unpaired) electrons. The number of carbonyl (C=O) groups excluding carboxylic acids is 1. The van der Waals surface area contributed by atoms with Crippen LogP contribution in [0.5, 0.6) is 0 Å². The second kappa shape index (κ2) is 4.28. The van der Waals surface area contributed by atoms with Gasteiger partial charge >= 0.3 is 5.97 Å². The maximum absolute atomic E-state index is 10.9. The molecule has 0 aromatic rings. The summed E-state index contributed by atoms with van der Waals surface area (Å²) in [5.74, 6) is -1.12. The van der Waals surface area contributed by atoms with E-state index in [1.165, 1.54) is 0 Å². The van der Waals surface area contributed by atoms with Crippen molar-refractivity contribution in [3.63, 3.8) is 0 Å². The molecule has 0 saturated heterocycles. The van der Waals surface area contributed by atoms with Crippen molar-refractivity contribution in [2.45, 2.75) is 33.8 Å². The number of carboxylic acid groups (broad SMARTS) is 1. The van der Waals surface area contributed by atoms with E-state index in [0.29, 0.717) is 6.29 Å². The maximum atomic E-state index is 10.9. The molecule has 0 spiro atoms. The highest BCUT2D eigenvalue weighted by atomic mass is 16.5. The first-order chi connectivity index (χ1) is 7.30. The van der Waals surface area contributed by atoms with Crippen molar-refractivity contribution in [1.82, 2.24) is 0 Å². The standard InChI is InChI=1S/C12H18O4/c1-7(2)16-8(6-13)5-9-10(11(14)15)12(9,3)4/h5-7,9-10H,1-4H3,(H,14,15). The van der Waals surface area contributed by atoms with Gasteiger partial charge in [0.15, 0.2) is 12.0 Å². The Balaban J connectivity index is 2.77. The molecule has 16 heavy (non-hydrogen) atoms. The Bertz CT molecular complexity index is 328. The number of hydrogen-bond acceptors (Lipinski definition) is 3. The van der Waals surface area contributed by atoms with Crippen LogP contribution >= 0.6 is 0 Å². The molecular formula is C12H18O4. The van der Waals surface area contributed by atoms with Crippen LogP contribution in [0.15, 0.2) is 11.8 Å². The highest BCUT2D eigenvalue weighted by Crippen LogP contribution is 2.59. The first-order valence-corrected chi connectivity index (χ1v) is 5.37. The van der Waals surface area contributed by atoms with Gasteiger partial charge in [-0.2, -0.15) is 0 Å². The minimum absolute atomic E-state index is 0.0819. The van der Waals surface area contributed by atoms with Crippen LogP contribution in [0.3, 0.4) is 0 Å². The topological polar surface area (TPSA) is 63.6 Å². The molecule has 1 aliphatic carbocycles. The second-order valence-electron chi connectivity index (χ2n) is 5.02. The summed E-state index contributed by atoms with van der Waals surface area (Å²) in [6.45, 7) is 7.41. The predicted octanol–water partition coefficient (Wildman–Crippen LogP) is 1.85. The summed E-state index contributed by atoms with van der Waals surface area (Å²) in [5, 5.41) is 8.97. The Morgan fingerprint density at radius 2 is 2.00 bits per heavy atom. The second-order valence-corrected chi connectivity index (χ2v) is 5.02. The molecule has 4 nitrogen and oxygen atoms in total. The fourth-order valence-corrected chi connectivity index (χ4v) is 2.02. The number of aldehydes is 1. The highest BCUT2D eigenvalue weighted by Gasteiger charge is 2.61. The third-order valence-corrected chi connectivity index (χ3v) is 3.01. The first kappa shape index (κ1) is 12.7. The average molecular weight is 226 g/mol. The highest BCUT2D eigenvalue weighted by molar-refractivity contribution is 5.77. The summed E-state index contributed by atoms with van der Waals surface area (Å²) in [7, 11) is 0. The van der Waals surface area contributed by atoms with Crippen LogP contribution in [-0.2, 0) is 14.3 Å². The summed E-state index contributed by atoms with van der Waals surface area (Å²) < 4.78 is 5.27. The van der Waals surface area contributed by atoms with Gasteiger partial charge in [0.05, 0.1) is 12.0 Å². The van der Waals surface area contributed by atoms with Crippen molar-refractivity contribution < 1.29 is 19.4 Å². The molecule has 1 N–H and O–H groups in total. The molecule has 90 valence electrons. The van der Waals surface area contributed by atoms with Gasteiger partial charge in [0, 0.05) is 5.92 Å². The van der Waals surface area contributed by atoms with Crippen LogP contribution in [0.1, 0.15) is 27.7 Å². The first-order valence-electron chi connectivity index (χ1n) is 5.37. The summed E-state index contributed by atoms with van der Waals surface area (Å²) >= 11 is 0. The van der Waals surface area contributed by atoms with Crippen LogP contribution in [0, 0.1) is 17.3 Å². The van der Waals surface area contributed by atoms with E-state index in [1.54, 1.807) is 6.08 Å². The molecular weight excluding hydrogens is 208 g/mol. The van der Waals surface area contributed by atoms with Crippen LogP contribution in [0.2, 0.25) is 0 Å². The molecule has 0 aromatic heterocycles. The van der Waals surface area contributed by atoms with Crippen LogP contribution in [0.25, 0.3) is 0 Å². The van der Waals surface area contributed by atoms with Gasteiger partial charge in [0.2, 0.25) is 0 Å². The quantitative estimate of drug-likeness (QED) is 0.441. The van der Waals surface area contributed by atoms with E-state index in [0.717, 1.165) is 0 Å². The van der Waals surface area contributed by atoms with E-state index in [1.807, 2.05) is 27.7 Å². The summed E-state index contributed by atoms with van der Waals surface area (Å²) in [6, 6.07) is 0. The van der Waals surface area contributed by atoms with Crippen molar-refractivity contribution >= 4 is 12.3 Å². The van der Waals surface area contributed by atoms with Gasteiger partial charge in [-0.15, -0.1) is 0 Å². The number of carboxylic acids is 1. The summed E-state index contributed by atoms with van der Waals surface area (Å²) in [6.07, 6.45) is 2.18. The largest absolute Gasteiger partial charge is 0.488 e. The number of rotatable bonds is 5. The minimum Gasteiger partial charge on any atom is -0.488 e.